The molecule has 4 aromatic carbocycles. The molecular weight excluding hydrogens is 657 g/mol. The number of aromatic amines is 2. The van der Waals surface area contributed by atoms with E-state index in [1.807, 2.05) is 60.7 Å². The highest BCUT2D eigenvalue weighted by Crippen LogP contribution is 2.39. The second-order valence-corrected chi connectivity index (χ2v) is 13.0. The summed E-state index contributed by atoms with van der Waals surface area (Å²) in [6.45, 7) is 0. The minimum absolute atomic E-state index is 0.193. The Labute approximate surface area is 273 Å². The van der Waals surface area contributed by atoms with Crippen LogP contribution in [0.25, 0.3) is 89.7 Å². The zero-order valence-corrected chi connectivity index (χ0v) is 25.7. The summed E-state index contributed by atoms with van der Waals surface area (Å²) in [5.41, 5.74) is 4.12. The monoisotopic (exact) mass is 674 g/mol. The molecule has 0 aliphatic carbocycles. The first-order chi connectivity index (χ1) is 23.3. The summed E-state index contributed by atoms with van der Waals surface area (Å²) in [5, 5.41) is 15.5. The third-order valence-corrected chi connectivity index (χ3v) is 9.47. The highest BCUT2D eigenvalue weighted by Gasteiger charge is 2.24. The summed E-state index contributed by atoms with van der Waals surface area (Å²) in [4.78, 5) is 36.2. The van der Waals surface area contributed by atoms with Crippen LogP contribution in [0.4, 0.5) is 0 Å². The number of fused-ring (bicyclic) bond motifs is 20. The molecule has 3 aromatic heterocycles. The first-order valence-electron chi connectivity index (χ1n) is 14.3. The van der Waals surface area contributed by atoms with Gasteiger partial charge in [0.15, 0.2) is 23.3 Å². The third-order valence-electron chi connectivity index (χ3n) is 8.05. The molecular formula is C32H18N8O6S2. The Balaban J connectivity index is 1.44. The second kappa shape index (κ2) is 10.7. The molecule has 16 heteroatoms. The highest BCUT2D eigenvalue weighted by molar-refractivity contribution is 7.94. The van der Waals surface area contributed by atoms with Crippen LogP contribution >= 0.6 is 12.0 Å². The van der Waals surface area contributed by atoms with Crippen molar-refractivity contribution in [1.29, 1.82) is 0 Å². The number of benzene rings is 4. The lowest BCUT2D eigenvalue weighted by atomic mass is 10.1. The van der Waals surface area contributed by atoms with Gasteiger partial charge in [-0.1, -0.05) is 53.6 Å². The largest absolute Gasteiger partial charge is 0.324 e. The predicted molar refractivity (Wildman–Crippen MR) is 177 cm³/mol. The van der Waals surface area contributed by atoms with E-state index in [4.69, 9.17) is 35.2 Å². The normalized spacial score (nSPS) is 12.4. The lowest BCUT2D eigenvalue weighted by molar-refractivity contribution is -0.432. The smallest absolute Gasteiger partial charge is 0.294 e. The Bertz CT molecular complexity index is 2780. The van der Waals surface area contributed by atoms with Gasteiger partial charge in [-0.05, 0) is 36.4 Å². The molecule has 2 aliphatic heterocycles. The fourth-order valence-corrected chi connectivity index (χ4v) is 6.82. The van der Waals surface area contributed by atoms with Crippen molar-refractivity contribution in [3.8, 4) is 45.6 Å². The van der Waals surface area contributed by atoms with E-state index in [0.717, 1.165) is 33.6 Å². The van der Waals surface area contributed by atoms with Crippen molar-refractivity contribution in [3.63, 3.8) is 0 Å². The number of nitrogens with zero attached hydrogens (tertiary/aromatic N) is 6. The van der Waals surface area contributed by atoms with Crippen molar-refractivity contribution in [2.75, 3.05) is 0 Å². The van der Waals surface area contributed by atoms with E-state index >= 15 is 0 Å². The molecule has 0 unspecified atom stereocenters. The van der Waals surface area contributed by atoms with Crippen molar-refractivity contribution in [3.05, 3.63) is 84.9 Å². The molecule has 234 valence electrons. The van der Waals surface area contributed by atoms with Crippen LogP contribution in [0.1, 0.15) is 0 Å². The molecule has 0 atom stereocenters. The molecule has 8 bridgehead atoms. The summed E-state index contributed by atoms with van der Waals surface area (Å²) in [7, 11) is -4.51. The first kappa shape index (κ1) is 28.6. The van der Waals surface area contributed by atoms with Crippen LogP contribution in [0, 0.1) is 0 Å². The van der Waals surface area contributed by atoms with Crippen LogP contribution < -0.4 is 0 Å². The quantitative estimate of drug-likeness (QED) is 0.0678. The standard InChI is InChI=1S/C32H18N8O6S2/c41-45-46-47-15-9-11-21-23(13-15)31-37-27-19-7-3-1-5-17(19)26(33-27)36-30-22-12-10-16(48(42,43)44)14-24(22)32(40-30)38-28-20-8-4-2-6-18(20)25(34-28)35-29(21)39-31/h1-14,41H,(H,42,43,44)(H2,33,34,35,36,37,38,39,40). The van der Waals surface area contributed by atoms with E-state index in [1.54, 1.807) is 12.1 Å². The van der Waals surface area contributed by atoms with Gasteiger partial charge in [0.05, 0.1) is 16.9 Å². The van der Waals surface area contributed by atoms with E-state index in [1.165, 1.54) is 12.1 Å². The van der Waals surface area contributed by atoms with Crippen LogP contribution in [0.3, 0.4) is 0 Å². The molecule has 14 nitrogen and oxygen atoms in total. The summed E-state index contributed by atoms with van der Waals surface area (Å²) < 4.78 is 38.7. The van der Waals surface area contributed by atoms with Gasteiger partial charge in [-0.3, -0.25) is 4.55 Å². The molecule has 0 saturated carbocycles. The van der Waals surface area contributed by atoms with Gasteiger partial charge in [0.1, 0.15) is 22.6 Å². The summed E-state index contributed by atoms with van der Waals surface area (Å²) >= 11 is 0.819. The average Bonchev–Trinajstić information content (AvgIpc) is 3.82. The number of H-pyrrole nitrogens is 2. The molecule has 7 aromatic rings. The number of hydrogen-bond acceptors (Lipinski definition) is 12. The van der Waals surface area contributed by atoms with E-state index in [0.29, 0.717) is 61.4 Å². The van der Waals surface area contributed by atoms with E-state index in [2.05, 4.69) is 19.3 Å². The zero-order valence-electron chi connectivity index (χ0n) is 24.1. The van der Waals surface area contributed by atoms with Gasteiger partial charge in [0.2, 0.25) is 0 Å². The number of rotatable bonds is 4. The van der Waals surface area contributed by atoms with E-state index in [-0.39, 0.29) is 16.5 Å². The third kappa shape index (κ3) is 4.62. The van der Waals surface area contributed by atoms with Gasteiger partial charge in [0.25, 0.3) is 10.1 Å². The van der Waals surface area contributed by atoms with Gasteiger partial charge in [-0.2, -0.15) is 8.42 Å². The molecule has 0 saturated heterocycles. The Kier molecular flexibility index (Phi) is 6.38. The van der Waals surface area contributed by atoms with Crippen LogP contribution in [0.5, 0.6) is 0 Å². The number of aromatic nitrogens is 8. The predicted octanol–water partition coefficient (Wildman–Crippen LogP) is 6.54. The molecule has 0 spiro atoms. The fraction of sp³-hybridized carbons (Fsp3) is 0. The molecule has 0 amide bonds. The Hall–Kier alpha value is -5.62. The average molecular weight is 675 g/mol. The highest BCUT2D eigenvalue weighted by atomic mass is 32.2. The van der Waals surface area contributed by atoms with E-state index < -0.39 is 10.1 Å². The van der Waals surface area contributed by atoms with Crippen molar-refractivity contribution in [2.24, 2.45) is 0 Å². The molecule has 0 radical (unpaired) electrons. The Morgan fingerprint density at radius 2 is 1.00 bits per heavy atom. The minimum Gasteiger partial charge on any atom is -0.324 e. The first-order valence-corrected chi connectivity index (χ1v) is 16.4. The summed E-state index contributed by atoms with van der Waals surface area (Å²) in [6.07, 6.45) is 0. The van der Waals surface area contributed by atoms with Crippen molar-refractivity contribution >= 4 is 66.3 Å². The lowest BCUT2D eigenvalue weighted by Gasteiger charge is -2.02. The van der Waals surface area contributed by atoms with Gasteiger partial charge in [0, 0.05) is 48.7 Å². The van der Waals surface area contributed by atoms with Gasteiger partial charge < -0.3 is 9.97 Å². The van der Waals surface area contributed by atoms with Gasteiger partial charge in [-0.25, -0.2) is 35.2 Å². The van der Waals surface area contributed by atoms with E-state index in [9.17, 15) is 13.0 Å². The summed E-state index contributed by atoms with van der Waals surface area (Å²) in [5.74, 6) is 1.24. The fourth-order valence-electron chi connectivity index (χ4n) is 5.92. The van der Waals surface area contributed by atoms with Crippen LogP contribution in [0.15, 0.2) is 94.7 Å². The van der Waals surface area contributed by atoms with Gasteiger partial charge in [-0.15, -0.1) is 4.33 Å². The maximum absolute atomic E-state index is 12.1. The molecule has 9 rings (SSSR count). The molecule has 48 heavy (non-hydrogen) atoms. The van der Waals surface area contributed by atoms with Crippen LogP contribution in [0.2, 0.25) is 0 Å². The SMILES string of the molecule is O=S(=O)(O)c1ccc2c(c1)-c1nc-2nc2[nH]c(nc3nc(nc4[nH]c(n1)c1ccccc41)-c1ccc(SOOO)cc1-3)c1ccccc21. The number of nitrogens with one attached hydrogen (secondary N) is 2. The zero-order chi connectivity index (χ0) is 32.6. The van der Waals surface area contributed by atoms with Crippen molar-refractivity contribution < 1.29 is 27.6 Å². The lowest BCUT2D eigenvalue weighted by Crippen LogP contribution is -1.98. The Morgan fingerprint density at radius 3 is 1.46 bits per heavy atom. The maximum atomic E-state index is 12.1. The molecule has 4 N–H and O–H groups in total. The van der Waals surface area contributed by atoms with Crippen LogP contribution in [-0.2, 0) is 19.5 Å². The van der Waals surface area contributed by atoms with Gasteiger partial charge >= 0.3 is 0 Å². The van der Waals surface area contributed by atoms with Crippen molar-refractivity contribution in [1.82, 2.24) is 39.9 Å². The second-order valence-electron chi connectivity index (χ2n) is 10.8. The summed E-state index contributed by atoms with van der Waals surface area (Å²) in [6, 6.07) is 24.7. The maximum Gasteiger partial charge on any atom is 0.294 e. The van der Waals surface area contributed by atoms with Crippen molar-refractivity contribution in [2.45, 2.75) is 9.79 Å². The molecule has 0 fully saturated rings. The topological polar surface area (TPSA) is 202 Å². The Morgan fingerprint density at radius 1 is 0.562 bits per heavy atom. The molecule has 5 heterocycles. The molecule has 2 aliphatic rings. The minimum atomic E-state index is -4.51. The number of hydrogen-bond donors (Lipinski definition) is 4. The van der Waals surface area contributed by atoms with Crippen LogP contribution in [-0.4, -0.2) is 58.1 Å².